The van der Waals surface area contributed by atoms with Gasteiger partial charge < -0.3 is 4.74 Å². The van der Waals surface area contributed by atoms with Crippen molar-refractivity contribution in [2.24, 2.45) is 4.99 Å². The van der Waals surface area contributed by atoms with E-state index in [1.165, 1.54) is 18.2 Å². The van der Waals surface area contributed by atoms with Gasteiger partial charge in [0.25, 0.3) is 0 Å². The van der Waals surface area contributed by atoms with Gasteiger partial charge >= 0.3 is 6.09 Å². The van der Waals surface area contributed by atoms with E-state index in [2.05, 4.69) is 16.2 Å². The van der Waals surface area contributed by atoms with Crippen LogP contribution in [0.25, 0.3) is 0 Å². The Morgan fingerprint density at radius 2 is 2.00 bits per heavy atom. The van der Waals surface area contributed by atoms with E-state index in [1.807, 2.05) is 0 Å². The van der Waals surface area contributed by atoms with Gasteiger partial charge in [0.15, 0.2) is 0 Å². The summed E-state index contributed by atoms with van der Waals surface area (Å²) in [6, 6.07) is 4.27. The first-order chi connectivity index (χ1) is 13.1. The lowest BCUT2D eigenvalue weighted by Crippen LogP contribution is -2.50. The zero-order valence-electron chi connectivity index (χ0n) is 17.7. The number of amides is 1. The minimum absolute atomic E-state index is 0.0147. The first-order valence-corrected chi connectivity index (χ1v) is 11.0. The standard InChI is InChI=1S/C21H28FN3O3S/c1-8-14-9-10-16(22)15(13-14)21(7)11-12-29(23,27)20(5,6)17(25-21)24-18(26)28-19(2,3)4/h1,9-10,13,23H,11-12H2,2-7H3,(H,24,25,26)/t21-,29-/m0/s1. The van der Waals surface area contributed by atoms with Crippen LogP contribution < -0.4 is 5.32 Å². The number of aliphatic imine (C=N–C) groups is 1. The van der Waals surface area contributed by atoms with Crippen LogP contribution in [0.15, 0.2) is 23.2 Å². The highest BCUT2D eigenvalue weighted by Crippen LogP contribution is 2.38. The highest BCUT2D eigenvalue weighted by molar-refractivity contribution is 7.94. The normalized spacial score (nSPS) is 26.6. The molecule has 6 nitrogen and oxygen atoms in total. The van der Waals surface area contributed by atoms with E-state index in [0.29, 0.717) is 5.56 Å². The quantitative estimate of drug-likeness (QED) is 0.667. The molecule has 1 amide bonds. The fourth-order valence-corrected chi connectivity index (χ4v) is 4.60. The number of terminal acetylenes is 1. The summed E-state index contributed by atoms with van der Waals surface area (Å²) in [6.07, 6.45) is 4.83. The molecule has 2 rings (SSSR count). The molecule has 1 aromatic carbocycles. The first kappa shape index (κ1) is 22.9. The molecule has 0 unspecified atom stereocenters. The third-order valence-electron chi connectivity index (χ3n) is 4.96. The van der Waals surface area contributed by atoms with Crippen LogP contribution >= 0.6 is 0 Å². The van der Waals surface area contributed by atoms with Gasteiger partial charge in [0, 0.05) is 16.9 Å². The van der Waals surface area contributed by atoms with E-state index in [9.17, 15) is 13.4 Å². The Balaban J connectivity index is 2.63. The Labute approximate surface area is 172 Å². The average Bonchev–Trinajstić information content (AvgIpc) is 2.63. The van der Waals surface area contributed by atoms with Gasteiger partial charge in [-0.05, 0) is 66.2 Å². The molecule has 1 heterocycles. The topological polar surface area (TPSA) is 91.6 Å². The summed E-state index contributed by atoms with van der Waals surface area (Å²) in [5, 5.41) is 2.56. The van der Waals surface area contributed by atoms with Crippen molar-refractivity contribution in [3.05, 3.63) is 35.1 Å². The fourth-order valence-electron chi connectivity index (χ4n) is 2.99. The molecule has 0 bridgehead atoms. The fraction of sp³-hybridized carbons (Fsp3) is 0.524. The summed E-state index contributed by atoms with van der Waals surface area (Å²) in [5.74, 6) is 1.97. The lowest BCUT2D eigenvalue weighted by atomic mass is 9.88. The van der Waals surface area contributed by atoms with Gasteiger partial charge in [0.05, 0.1) is 15.3 Å². The molecule has 0 spiro atoms. The third kappa shape index (κ3) is 4.78. The van der Waals surface area contributed by atoms with E-state index in [4.69, 9.17) is 15.9 Å². The monoisotopic (exact) mass is 421 g/mol. The maximum atomic E-state index is 14.7. The predicted molar refractivity (Wildman–Crippen MR) is 113 cm³/mol. The van der Waals surface area contributed by atoms with Crippen LogP contribution in [0.1, 0.15) is 59.1 Å². The summed E-state index contributed by atoms with van der Waals surface area (Å²) in [7, 11) is -3.21. The van der Waals surface area contributed by atoms with Gasteiger partial charge in [0.2, 0.25) is 0 Å². The summed E-state index contributed by atoms with van der Waals surface area (Å²) in [5.41, 5.74) is -1.21. The second kappa shape index (κ2) is 7.45. The van der Waals surface area contributed by atoms with Crippen molar-refractivity contribution in [2.75, 3.05) is 5.75 Å². The summed E-state index contributed by atoms with van der Waals surface area (Å²) in [4.78, 5) is 17.0. The van der Waals surface area contributed by atoms with E-state index in [1.54, 1.807) is 41.5 Å². The van der Waals surface area contributed by atoms with Gasteiger partial charge in [-0.25, -0.2) is 13.4 Å². The zero-order chi connectivity index (χ0) is 22.3. The van der Waals surface area contributed by atoms with Crippen molar-refractivity contribution in [3.8, 4) is 12.3 Å². The van der Waals surface area contributed by atoms with Crippen LogP contribution in [-0.4, -0.2) is 32.2 Å². The Morgan fingerprint density at radius 3 is 2.55 bits per heavy atom. The number of ether oxygens (including phenoxy) is 1. The number of hydrogen-bond acceptors (Lipinski definition) is 5. The lowest BCUT2D eigenvalue weighted by Gasteiger charge is -2.29. The van der Waals surface area contributed by atoms with Crippen LogP contribution in [0.5, 0.6) is 0 Å². The molecule has 0 fully saturated rings. The average molecular weight is 422 g/mol. The van der Waals surface area contributed by atoms with Gasteiger partial charge in [-0.15, -0.1) is 6.42 Å². The predicted octanol–water partition coefficient (Wildman–Crippen LogP) is 4.17. The lowest BCUT2D eigenvalue weighted by molar-refractivity contribution is 0.0561. The van der Waals surface area contributed by atoms with E-state index in [-0.39, 0.29) is 23.6 Å². The maximum Gasteiger partial charge on any atom is 0.413 e. The molecule has 1 aliphatic rings. The summed E-state index contributed by atoms with van der Waals surface area (Å²) in [6.45, 7) is 9.98. The van der Waals surface area contributed by atoms with Gasteiger partial charge in [-0.2, -0.15) is 0 Å². The Bertz CT molecular complexity index is 1000. The molecule has 2 atom stereocenters. The number of hydrogen-bond donors (Lipinski definition) is 2. The number of carbonyl (C=O) groups is 1. The summed E-state index contributed by atoms with van der Waals surface area (Å²) >= 11 is 0. The summed E-state index contributed by atoms with van der Waals surface area (Å²) < 4.78 is 40.3. The van der Waals surface area contributed by atoms with E-state index in [0.717, 1.165) is 0 Å². The number of nitrogens with one attached hydrogen (secondary N) is 2. The van der Waals surface area contributed by atoms with Crippen LogP contribution in [0.4, 0.5) is 9.18 Å². The van der Waals surface area contributed by atoms with Gasteiger partial charge in [-0.1, -0.05) is 5.92 Å². The van der Waals surface area contributed by atoms with Crippen LogP contribution in [0, 0.1) is 22.9 Å². The third-order valence-corrected chi connectivity index (χ3v) is 7.58. The Morgan fingerprint density at radius 1 is 1.38 bits per heavy atom. The van der Waals surface area contributed by atoms with Crippen molar-refractivity contribution < 1.29 is 18.1 Å². The number of halogens is 1. The molecule has 0 aliphatic carbocycles. The number of nitrogens with zero attached hydrogens (tertiary/aromatic N) is 1. The minimum Gasteiger partial charge on any atom is -0.444 e. The first-order valence-electron chi connectivity index (χ1n) is 9.24. The molecule has 0 radical (unpaired) electrons. The maximum absolute atomic E-state index is 14.7. The molecule has 0 aromatic heterocycles. The van der Waals surface area contributed by atoms with Crippen molar-refractivity contribution >= 4 is 21.7 Å². The number of rotatable bonds is 1. The minimum atomic E-state index is -3.21. The smallest absolute Gasteiger partial charge is 0.413 e. The highest BCUT2D eigenvalue weighted by Gasteiger charge is 2.45. The number of alkyl carbamates (subject to hydrolysis) is 1. The second-order valence-electron chi connectivity index (χ2n) is 8.84. The molecule has 29 heavy (non-hydrogen) atoms. The molecular weight excluding hydrogens is 393 g/mol. The van der Waals surface area contributed by atoms with Gasteiger partial charge in [-0.3, -0.25) is 15.1 Å². The highest BCUT2D eigenvalue weighted by atomic mass is 32.2. The largest absolute Gasteiger partial charge is 0.444 e. The van der Waals surface area contributed by atoms with E-state index < -0.39 is 37.5 Å². The molecule has 1 aromatic rings. The molecular formula is C21H28FN3O3S. The zero-order valence-corrected chi connectivity index (χ0v) is 18.5. The number of amidine groups is 1. The molecule has 158 valence electrons. The van der Waals surface area contributed by atoms with Crippen LogP contribution in [0.2, 0.25) is 0 Å². The number of benzene rings is 1. The SMILES string of the molecule is C#Cc1ccc(F)c([C@]2(C)CC[S@](=N)(=O)C(C)(C)C(NC(=O)OC(C)(C)C)=N2)c1. The number of carbonyl (C=O) groups excluding carboxylic acids is 1. The van der Waals surface area contributed by atoms with Crippen molar-refractivity contribution in [1.82, 2.24) is 5.32 Å². The Hall–Kier alpha value is -2.40. The molecule has 0 saturated carbocycles. The van der Waals surface area contributed by atoms with Gasteiger partial charge in [0.1, 0.15) is 22.0 Å². The van der Waals surface area contributed by atoms with Crippen LogP contribution in [-0.2, 0) is 20.0 Å². The van der Waals surface area contributed by atoms with Crippen LogP contribution in [0.3, 0.4) is 0 Å². The van der Waals surface area contributed by atoms with Crippen molar-refractivity contribution in [2.45, 2.75) is 63.9 Å². The second-order valence-corrected chi connectivity index (χ2v) is 11.6. The molecule has 1 aliphatic heterocycles. The van der Waals surface area contributed by atoms with Crippen molar-refractivity contribution in [1.29, 1.82) is 4.78 Å². The Kier molecular flexibility index (Phi) is 5.88. The van der Waals surface area contributed by atoms with Crippen molar-refractivity contribution in [3.63, 3.8) is 0 Å². The molecule has 0 saturated heterocycles. The molecule has 2 N–H and O–H groups in total. The molecule has 8 heteroatoms. The van der Waals surface area contributed by atoms with E-state index >= 15 is 0 Å².